The fraction of sp³-hybridized carbons (Fsp3) is 0.316. The highest BCUT2D eigenvalue weighted by atomic mass is 35.5. The second kappa shape index (κ2) is 9.73. The Labute approximate surface area is 179 Å². The number of aromatic nitrogens is 1. The molecule has 31 heavy (non-hydrogen) atoms. The molecule has 1 heterocycles. The summed E-state index contributed by atoms with van der Waals surface area (Å²) in [5.41, 5.74) is 2.07. The van der Waals surface area contributed by atoms with E-state index in [0.717, 1.165) is 0 Å². The molecule has 2 aromatic rings. The van der Waals surface area contributed by atoms with Gasteiger partial charge in [-0.1, -0.05) is 11.6 Å². The number of rotatable bonds is 6. The van der Waals surface area contributed by atoms with Crippen LogP contribution in [0.2, 0.25) is 5.02 Å². The molecule has 0 spiro atoms. The summed E-state index contributed by atoms with van der Waals surface area (Å²) in [6.45, 7) is 2.84. The summed E-state index contributed by atoms with van der Waals surface area (Å²) in [6, 6.07) is 4.80. The molecule has 12 heteroatoms. The number of halogens is 4. The Morgan fingerprint density at radius 3 is 2.42 bits per heavy atom. The van der Waals surface area contributed by atoms with Crippen LogP contribution in [0, 0.1) is 0 Å². The van der Waals surface area contributed by atoms with Crippen molar-refractivity contribution in [3.63, 3.8) is 0 Å². The minimum Gasteiger partial charge on any atom is -0.493 e. The summed E-state index contributed by atoms with van der Waals surface area (Å²) in [6.07, 6.45) is -4.41. The first-order chi connectivity index (χ1) is 14.4. The van der Waals surface area contributed by atoms with Crippen LogP contribution in [0.15, 0.2) is 35.3 Å². The van der Waals surface area contributed by atoms with Crippen molar-refractivity contribution >= 4 is 23.4 Å². The highest BCUT2D eigenvalue weighted by molar-refractivity contribution is 6.30. The largest absolute Gasteiger partial charge is 0.493 e. The van der Waals surface area contributed by atoms with Crippen molar-refractivity contribution in [1.82, 2.24) is 15.4 Å². The predicted octanol–water partition coefficient (Wildman–Crippen LogP) is 2.78. The number of carbonyl (C=O) groups is 2. The van der Waals surface area contributed by atoms with E-state index in [1.54, 1.807) is 0 Å². The molecule has 0 aliphatic rings. The number of amides is 2. The molecule has 168 valence electrons. The molecule has 0 unspecified atom stereocenters. The van der Waals surface area contributed by atoms with Gasteiger partial charge < -0.3 is 14.0 Å². The van der Waals surface area contributed by atoms with Crippen molar-refractivity contribution in [3.8, 4) is 11.5 Å². The number of hydrogen-bond acceptors (Lipinski definition) is 5. The SMILES string of the molecule is COc1cc(C(=O)NNC(=O)Cn2cc(C(F)(F)F)cc(Cl)c2=O)ccc1OC(C)C. The van der Waals surface area contributed by atoms with E-state index in [1.807, 2.05) is 19.3 Å². The van der Waals surface area contributed by atoms with Crippen LogP contribution >= 0.6 is 11.6 Å². The van der Waals surface area contributed by atoms with Gasteiger partial charge >= 0.3 is 6.18 Å². The molecule has 0 atom stereocenters. The zero-order chi connectivity index (χ0) is 23.3. The second-order valence-electron chi connectivity index (χ2n) is 6.54. The van der Waals surface area contributed by atoms with Crippen LogP contribution in [-0.4, -0.2) is 29.6 Å². The third kappa shape index (κ3) is 6.38. The van der Waals surface area contributed by atoms with Crippen molar-refractivity contribution in [1.29, 1.82) is 0 Å². The molecular formula is C19H19ClF3N3O5. The maximum atomic E-state index is 12.9. The van der Waals surface area contributed by atoms with Gasteiger partial charge in [0.1, 0.15) is 11.6 Å². The molecule has 0 bridgehead atoms. The number of hydrogen-bond donors (Lipinski definition) is 2. The first-order valence-corrected chi connectivity index (χ1v) is 9.21. The van der Waals surface area contributed by atoms with E-state index in [2.05, 4.69) is 5.43 Å². The lowest BCUT2D eigenvalue weighted by molar-refractivity contribution is -0.138. The molecule has 0 fully saturated rings. The topological polar surface area (TPSA) is 98.7 Å². The summed E-state index contributed by atoms with van der Waals surface area (Å²) >= 11 is 5.53. The summed E-state index contributed by atoms with van der Waals surface area (Å²) in [7, 11) is 1.39. The minimum atomic E-state index is -4.76. The second-order valence-corrected chi connectivity index (χ2v) is 6.95. The van der Waals surface area contributed by atoms with Crippen molar-refractivity contribution in [2.45, 2.75) is 32.7 Å². The Morgan fingerprint density at radius 1 is 1.16 bits per heavy atom. The summed E-state index contributed by atoms with van der Waals surface area (Å²) in [5, 5.41) is -0.692. The zero-order valence-electron chi connectivity index (χ0n) is 16.7. The van der Waals surface area contributed by atoms with Gasteiger partial charge in [-0.3, -0.25) is 25.2 Å². The van der Waals surface area contributed by atoms with Gasteiger partial charge in [-0.25, -0.2) is 0 Å². The lowest BCUT2D eigenvalue weighted by atomic mass is 10.2. The van der Waals surface area contributed by atoms with E-state index in [0.29, 0.717) is 22.6 Å². The third-order valence-electron chi connectivity index (χ3n) is 3.79. The number of nitrogens with one attached hydrogen (secondary N) is 2. The van der Waals surface area contributed by atoms with E-state index in [-0.39, 0.29) is 17.4 Å². The van der Waals surface area contributed by atoms with Crippen molar-refractivity contribution in [2.75, 3.05) is 7.11 Å². The summed E-state index contributed by atoms with van der Waals surface area (Å²) in [4.78, 5) is 36.2. The van der Waals surface area contributed by atoms with Crippen molar-refractivity contribution in [2.24, 2.45) is 0 Å². The quantitative estimate of drug-likeness (QED) is 0.645. The molecule has 2 N–H and O–H groups in total. The molecule has 1 aromatic carbocycles. The zero-order valence-corrected chi connectivity index (χ0v) is 17.4. The van der Waals surface area contributed by atoms with Gasteiger partial charge in [0, 0.05) is 11.8 Å². The Kier molecular flexibility index (Phi) is 7.55. The number of alkyl halides is 3. The first kappa shape index (κ1) is 24.1. The Bertz CT molecular complexity index is 1040. The smallest absolute Gasteiger partial charge is 0.417 e. The molecule has 0 saturated carbocycles. The first-order valence-electron chi connectivity index (χ1n) is 8.83. The average Bonchev–Trinajstić information content (AvgIpc) is 2.68. The molecule has 8 nitrogen and oxygen atoms in total. The van der Waals surface area contributed by atoms with E-state index in [9.17, 15) is 27.6 Å². The summed E-state index contributed by atoms with van der Waals surface area (Å²) < 4.78 is 49.8. The molecule has 2 amide bonds. The van der Waals surface area contributed by atoms with Crippen LogP contribution in [0.1, 0.15) is 29.8 Å². The number of ether oxygens (including phenoxy) is 2. The van der Waals surface area contributed by atoms with E-state index >= 15 is 0 Å². The minimum absolute atomic E-state index is 0.118. The Morgan fingerprint density at radius 2 is 1.84 bits per heavy atom. The molecular weight excluding hydrogens is 443 g/mol. The van der Waals surface area contributed by atoms with E-state index in [4.69, 9.17) is 21.1 Å². The number of nitrogens with zero attached hydrogens (tertiary/aromatic N) is 1. The fourth-order valence-electron chi connectivity index (χ4n) is 2.42. The number of benzene rings is 1. The Balaban J connectivity index is 2.07. The van der Waals surface area contributed by atoms with Gasteiger partial charge in [0.2, 0.25) is 0 Å². The third-order valence-corrected chi connectivity index (χ3v) is 4.06. The normalized spacial score (nSPS) is 11.2. The molecule has 0 aliphatic heterocycles. The number of pyridine rings is 1. The lowest BCUT2D eigenvalue weighted by Gasteiger charge is -2.15. The van der Waals surface area contributed by atoms with Crippen LogP contribution in [0.4, 0.5) is 13.2 Å². The van der Waals surface area contributed by atoms with Crippen LogP contribution in [0.5, 0.6) is 11.5 Å². The van der Waals surface area contributed by atoms with Gasteiger partial charge in [0.05, 0.1) is 18.8 Å². The highest BCUT2D eigenvalue weighted by Gasteiger charge is 2.32. The van der Waals surface area contributed by atoms with Gasteiger partial charge in [0.15, 0.2) is 11.5 Å². The molecule has 1 aromatic heterocycles. The molecule has 0 radical (unpaired) electrons. The van der Waals surface area contributed by atoms with Crippen LogP contribution in [0.3, 0.4) is 0 Å². The number of hydrazine groups is 1. The maximum absolute atomic E-state index is 12.9. The van der Waals surface area contributed by atoms with Crippen LogP contribution in [-0.2, 0) is 17.5 Å². The maximum Gasteiger partial charge on any atom is 0.417 e. The van der Waals surface area contributed by atoms with Gasteiger partial charge in [-0.15, -0.1) is 0 Å². The monoisotopic (exact) mass is 461 g/mol. The van der Waals surface area contributed by atoms with Crippen LogP contribution in [0.25, 0.3) is 0 Å². The Hall–Kier alpha value is -3.21. The summed E-state index contributed by atoms with van der Waals surface area (Å²) in [5.74, 6) is -0.966. The van der Waals surface area contributed by atoms with E-state index < -0.39 is 40.7 Å². The van der Waals surface area contributed by atoms with Gasteiger partial charge in [-0.05, 0) is 38.1 Å². The van der Waals surface area contributed by atoms with Crippen molar-refractivity contribution in [3.05, 3.63) is 57.0 Å². The number of methoxy groups -OCH3 is 1. The lowest BCUT2D eigenvalue weighted by Crippen LogP contribution is -2.44. The average molecular weight is 462 g/mol. The molecule has 2 rings (SSSR count). The number of carbonyl (C=O) groups excluding carboxylic acids is 2. The standard InChI is InChI=1S/C19H19ClF3N3O5/c1-10(2)31-14-5-4-11(6-15(14)30-3)17(28)25-24-16(27)9-26-8-12(19(21,22)23)7-13(20)18(26)29/h4-8,10H,9H2,1-3H3,(H,24,27)(H,25,28). The van der Waals surface area contributed by atoms with Gasteiger partial charge in [0.25, 0.3) is 17.4 Å². The van der Waals surface area contributed by atoms with Gasteiger partial charge in [-0.2, -0.15) is 13.2 Å². The molecule has 0 saturated heterocycles. The highest BCUT2D eigenvalue weighted by Crippen LogP contribution is 2.30. The molecule has 0 aliphatic carbocycles. The fourth-order valence-corrected chi connectivity index (χ4v) is 2.65. The van der Waals surface area contributed by atoms with Crippen molar-refractivity contribution < 1.29 is 32.2 Å². The van der Waals surface area contributed by atoms with Crippen LogP contribution < -0.4 is 25.9 Å². The predicted molar refractivity (Wildman–Crippen MR) is 105 cm³/mol. The van der Waals surface area contributed by atoms with E-state index in [1.165, 1.54) is 25.3 Å².